The molecule has 0 saturated heterocycles. The topological polar surface area (TPSA) is 57.4 Å². The van der Waals surface area contributed by atoms with Crippen LogP contribution in [0.4, 0.5) is 0 Å². The lowest BCUT2D eigenvalue weighted by molar-refractivity contribution is 0.668. The van der Waals surface area contributed by atoms with E-state index in [0.29, 0.717) is 0 Å². The molecule has 0 atom stereocenters. The summed E-state index contributed by atoms with van der Waals surface area (Å²) in [5, 5.41) is 0. The Morgan fingerprint density at radius 1 is 0.633 bits per heavy atom. The lowest BCUT2D eigenvalue weighted by Crippen LogP contribution is -1.84. The van der Waals surface area contributed by atoms with Crippen LogP contribution in [0.2, 0.25) is 0 Å². The summed E-state index contributed by atoms with van der Waals surface area (Å²) in [6, 6.07) is 14.9. The third-order valence-corrected chi connectivity index (χ3v) is 5.55. The standard InChI is InChI=1S/C26H26N4/c1-2-3-4-5-6-18-13-25-16-23-10-9-21(28-23)14-19-7-8-20(27-19)15-22-11-12-24(29-22)17-26(18)30-25/h7-17,28,30H,2-6H2,1H3. The zero-order valence-electron chi connectivity index (χ0n) is 17.3. The lowest BCUT2D eigenvalue weighted by atomic mass is 10.1. The normalized spacial score (nSPS) is 12.6. The number of unbranched alkanes of at least 4 members (excludes halogenated alkanes) is 3. The van der Waals surface area contributed by atoms with E-state index < -0.39 is 0 Å². The Kier molecular flexibility index (Phi) is 5.06. The van der Waals surface area contributed by atoms with Gasteiger partial charge in [-0.2, -0.15) is 0 Å². The Balaban J connectivity index is 1.68. The van der Waals surface area contributed by atoms with Crippen molar-refractivity contribution in [3.63, 3.8) is 0 Å². The summed E-state index contributed by atoms with van der Waals surface area (Å²) >= 11 is 0. The van der Waals surface area contributed by atoms with Crippen LogP contribution in [0.5, 0.6) is 0 Å². The third kappa shape index (κ3) is 4.13. The molecular weight excluding hydrogens is 368 g/mol. The van der Waals surface area contributed by atoms with E-state index in [0.717, 1.165) is 51.3 Å². The van der Waals surface area contributed by atoms with E-state index in [-0.39, 0.29) is 0 Å². The van der Waals surface area contributed by atoms with E-state index >= 15 is 0 Å². The molecule has 0 spiro atoms. The number of fused-ring (bicyclic) bond motifs is 8. The number of H-pyrrole nitrogens is 2. The summed E-state index contributed by atoms with van der Waals surface area (Å²) in [6.07, 6.45) is 14.3. The van der Waals surface area contributed by atoms with Crippen molar-refractivity contribution in [1.82, 2.24) is 19.9 Å². The maximum absolute atomic E-state index is 4.77. The highest BCUT2D eigenvalue weighted by Crippen LogP contribution is 2.21. The molecule has 8 bridgehead atoms. The molecule has 4 nitrogen and oxygen atoms in total. The predicted octanol–water partition coefficient (Wildman–Crippen LogP) is 6.78. The molecule has 3 aromatic rings. The van der Waals surface area contributed by atoms with Gasteiger partial charge in [-0.15, -0.1) is 0 Å². The second-order valence-electron chi connectivity index (χ2n) is 8.01. The summed E-state index contributed by atoms with van der Waals surface area (Å²) in [5.41, 5.74) is 9.51. The van der Waals surface area contributed by atoms with E-state index in [4.69, 9.17) is 4.98 Å². The van der Waals surface area contributed by atoms with Crippen LogP contribution in [0, 0.1) is 0 Å². The largest absolute Gasteiger partial charge is 0.355 e. The Hall–Kier alpha value is -3.40. The van der Waals surface area contributed by atoms with Crippen LogP contribution in [0.3, 0.4) is 0 Å². The van der Waals surface area contributed by atoms with Crippen molar-refractivity contribution in [2.75, 3.05) is 0 Å². The fourth-order valence-corrected chi connectivity index (χ4v) is 4.03. The van der Waals surface area contributed by atoms with Crippen molar-refractivity contribution in [3.8, 4) is 0 Å². The molecule has 3 aromatic heterocycles. The van der Waals surface area contributed by atoms with Gasteiger partial charge >= 0.3 is 0 Å². The van der Waals surface area contributed by atoms with Crippen molar-refractivity contribution >= 4 is 46.4 Å². The average Bonchev–Trinajstić information content (AvgIpc) is 3.51. The molecule has 2 aliphatic heterocycles. The minimum atomic E-state index is 0.926. The van der Waals surface area contributed by atoms with Gasteiger partial charge in [0.15, 0.2) is 0 Å². The molecule has 150 valence electrons. The first-order valence-corrected chi connectivity index (χ1v) is 10.8. The summed E-state index contributed by atoms with van der Waals surface area (Å²) in [6.45, 7) is 2.25. The van der Waals surface area contributed by atoms with E-state index in [1.807, 2.05) is 18.2 Å². The number of nitrogens with zero attached hydrogens (tertiary/aromatic N) is 2. The molecule has 0 aliphatic carbocycles. The summed E-state index contributed by atoms with van der Waals surface area (Å²) in [4.78, 5) is 16.5. The lowest BCUT2D eigenvalue weighted by Gasteiger charge is -1.98. The number of aromatic nitrogens is 4. The molecule has 2 N–H and O–H groups in total. The highest BCUT2D eigenvalue weighted by molar-refractivity contribution is 5.78. The number of hydrogen-bond donors (Lipinski definition) is 2. The minimum absolute atomic E-state index is 0.926. The van der Waals surface area contributed by atoms with E-state index in [1.165, 1.54) is 31.2 Å². The molecular formula is C26H26N4. The van der Waals surface area contributed by atoms with Gasteiger partial charge in [0.2, 0.25) is 0 Å². The maximum Gasteiger partial charge on any atom is 0.0659 e. The summed E-state index contributed by atoms with van der Waals surface area (Å²) in [5.74, 6) is 0. The Morgan fingerprint density at radius 2 is 1.30 bits per heavy atom. The van der Waals surface area contributed by atoms with Gasteiger partial charge in [-0.1, -0.05) is 26.2 Å². The van der Waals surface area contributed by atoms with E-state index in [2.05, 4.69) is 70.4 Å². The molecule has 0 fully saturated rings. The second kappa shape index (κ2) is 8.15. The summed E-state index contributed by atoms with van der Waals surface area (Å²) in [7, 11) is 0. The number of hydrogen-bond acceptors (Lipinski definition) is 2. The highest BCUT2D eigenvalue weighted by atomic mass is 14.8. The van der Waals surface area contributed by atoms with E-state index in [1.54, 1.807) is 0 Å². The molecule has 5 rings (SSSR count). The van der Waals surface area contributed by atoms with Crippen LogP contribution < -0.4 is 0 Å². The monoisotopic (exact) mass is 394 g/mol. The van der Waals surface area contributed by atoms with Crippen LogP contribution in [0.1, 0.15) is 60.9 Å². The smallest absolute Gasteiger partial charge is 0.0659 e. The first-order valence-electron chi connectivity index (χ1n) is 10.8. The molecule has 0 aromatic carbocycles. The van der Waals surface area contributed by atoms with Gasteiger partial charge in [-0.05, 0) is 85.2 Å². The number of aromatic amines is 2. The maximum atomic E-state index is 4.77. The molecule has 0 unspecified atom stereocenters. The SMILES string of the molecule is CCCCCCc1cc2cc3ccc(cc4nc(cc5nc(cc1[nH]2)C=C5)C=C4)[nH]3. The van der Waals surface area contributed by atoms with Gasteiger partial charge < -0.3 is 9.97 Å². The fraction of sp³-hybridized carbons (Fsp3) is 0.231. The zero-order chi connectivity index (χ0) is 20.3. The Morgan fingerprint density at radius 3 is 2.03 bits per heavy atom. The van der Waals surface area contributed by atoms with E-state index in [9.17, 15) is 0 Å². The van der Waals surface area contributed by atoms with Gasteiger partial charge in [0.05, 0.1) is 22.8 Å². The van der Waals surface area contributed by atoms with Crippen LogP contribution in [0.25, 0.3) is 46.4 Å². The Bertz CT molecular complexity index is 1290. The Labute approximate surface area is 176 Å². The first-order chi connectivity index (χ1) is 14.7. The van der Waals surface area contributed by atoms with Crippen LogP contribution in [-0.2, 0) is 6.42 Å². The van der Waals surface area contributed by atoms with Gasteiger partial charge in [-0.3, -0.25) is 0 Å². The van der Waals surface area contributed by atoms with Gasteiger partial charge in [0.1, 0.15) is 0 Å². The second-order valence-corrected chi connectivity index (χ2v) is 8.01. The summed E-state index contributed by atoms with van der Waals surface area (Å²) < 4.78 is 0. The van der Waals surface area contributed by atoms with Crippen molar-refractivity contribution in [2.45, 2.75) is 39.0 Å². The number of aryl methyl sites for hydroxylation is 1. The number of rotatable bonds is 5. The van der Waals surface area contributed by atoms with Gasteiger partial charge in [-0.25, -0.2) is 9.97 Å². The predicted molar refractivity (Wildman–Crippen MR) is 127 cm³/mol. The molecule has 5 heterocycles. The van der Waals surface area contributed by atoms with Crippen molar-refractivity contribution in [1.29, 1.82) is 0 Å². The quantitative estimate of drug-likeness (QED) is 0.323. The van der Waals surface area contributed by atoms with Crippen molar-refractivity contribution in [2.24, 2.45) is 0 Å². The fourth-order valence-electron chi connectivity index (χ4n) is 4.03. The molecule has 0 amide bonds. The van der Waals surface area contributed by atoms with Crippen molar-refractivity contribution in [3.05, 3.63) is 70.8 Å². The molecule has 0 radical (unpaired) electrons. The molecule has 4 heteroatoms. The van der Waals surface area contributed by atoms with Gasteiger partial charge in [0.25, 0.3) is 0 Å². The van der Waals surface area contributed by atoms with Crippen molar-refractivity contribution < 1.29 is 0 Å². The minimum Gasteiger partial charge on any atom is -0.355 e. The van der Waals surface area contributed by atoms with Crippen LogP contribution in [0.15, 0.2) is 42.5 Å². The van der Waals surface area contributed by atoms with Crippen LogP contribution >= 0.6 is 0 Å². The highest BCUT2D eigenvalue weighted by Gasteiger charge is 2.05. The van der Waals surface area contributed by atoms with Gasteiger partial charge in [0, 0.05) is 22.1 Å². The third-order valence-electron chi connectivity index (χ3n) is 5.55. The number of nitrogens with one attached hydrogen (secondary N) is 2. The average molecular weight is 395 g/mol. The van der Waals surface area contributed by atoms with Crippen LogP contribution in [-0.4, -0.2) is 19.9 Å². The molecule has 2 aliphatic rings. The molecule has 0 saturated carbocycles. The first kappa shape index (κ1) is 18.6. The zero-order valence-corrected chi connectivity index (χ0v) is 17.3. The molecule has 30 heavy (non-hydrogen) atoms.